The molecule has 0 bridgehead atoms. The first kappa shape index (κ1) is 15.6. The molecule has 1 aliphatic heterocycles. The van der Waals surface area contributed by atoms with Gasteiger partial charge in [-0.1, -0.05) is 0 Å². The number of nitrogens with zero attached hydrogens (tertiary/aromatic N) is 1. The summed E-state index contributed by atoms with van der Waals surface area (Å²) in [7, 11) is 1.78. The van der Waals surface area contributed by atoms with E-state index >= 15 is 0 Å². The second kappa shape index (κ2) is 9.48. The van der Waals surface area contributed by atoms with Crippen LogP contribution < -0.4 is 0 Å². The molecule has 0 aromatic rings. The van der Waals surface area contributed by atoms with Crippen LogP contribution in [0.3, 0.4) is 0 Å². The van der Waals surface area contributed by atoms with Crippen molar-refractivity contribution in [2.24, 2.45) is 0 Å². The molecule has 0 aliphatic carbocycles. The highest BCUT2D eigenvalue weighted by Gasteiger charge is 2.23. The molecule has 1 rings (SSSR count). The van der Waals surface area contributed by atoms with Crippen LogP contribution in [0.1, 0.15) is 39.0 Å². The number of carbonyl (C=O) groups is 1. The van der Waals surface area contributed by atoms with Gasteiger partial charge in [-0.15, -0.1) is 0 Å². The van der Waals surface area contributed by atoms with Gasteiger partial charge in [0.1, 0.15) is 5.78 Å². The van der Waals surface area contributed by atoms with Gasteiger partial charge < -0.3 is 9.47 Å². The van der Waals surface area contributed by atoms with Crippen molar-refractivity contribution in [2.45, 2.75) is 45.1 Å². The lowest BCUT2D eigenvalue weighted by atomic mass is 10.2. The molecule has 0 amide bonds. The second-order valence-corrected chi connectivity index (χ2v) is 5.06. The minimum atomic E-state index is 0.203. The highest BCUT2D eigenvalue weighted by molar-refractivity contribution is 5.75. The highest BCUT2D eigenvalue weighted by Crippen LogP contribution is 2.17. The zero-order valence-corrected chi connectivity index (χ0v) is 11.8. The van der Waals surface area contributed by atoms with Crippen molar-refractivity contribution in [3.05, 3.63) is 0 Å². The van der Waals surface area contributed by atoms with Gasteiger partial charge >= 0.3 is 0 Å². The second-order valence-electron chi connectivity index (χ2n) is 5.06. The fourth-order valence-corrected chi connectivity index (χ4v) is 2.41. The summed E-state index contributed by atoms with van der Waals surface area (Å²) >= 11 is 0. The molecular formula is C14H27NO3. The molecule has 0 spiro atoms. The Hall–Kier alpha value is -0.450. The number of methoxy groups -OCH3 is 1. The number of ether oxygens (including phenoxy) is 2. The molecule has 18 heavy (non-hydrogen) atoms. The number of ketones is 1. The Balaban J connectivity index is 1.95. The monoisotopic (exact) mass is 257 g/mol. The first-order chi connectivity index (χ1) is 8.74. The van der Waals surface area contributed by atoms with Gasteiger partial charge in [0.25, 0.3) is 0 Å². The lowest BCUT2D eigenvalue weighted by Crippen LogP contribution is -2.33. The number of hydrogen-bond acceptors (Lipinski definition) is 4. The van der Waals surface area contributed by atoms with Crippen LogP contribution in [0, 0.1) is 0 Å². The Bertz CT molecular complexity index is 233. The van der Waals surface area contributed by atoms with Crippen LogP contribution in [-0.4, -0.2) is 56.7 Å². The van der Waals surface area contributed by atoms with E-state index in [4.69, 9.17) is 9.47 Å². The van der Waals surface area contributed by atoms with Gasteiger partial charge in [0.2, 0.25) is 0 Å². The standard InChI is InChI=1S/C14H27NO3/c1-13(16)7-11-18-10-4-3-8-15-9-5-6-14(15)12-17-2/h14H,3-12H2,1-2H3/t14-/m0/s1. The van der Waals surface area contributed by atoms with Crippen molar-refractivity contribution in [3.63, 3.8) is 0 Å². The Morgan fingerprint density at radius 2 is 2.17 bits per heavy atom. The molecule has 1 aliphatic rings. The molecule has 0 N–H and O–H groups in total. The van der Waals surface area contributed by atoms with E-state index in [2.05, 4.69) is 4.90 Å². The minimum Gasteiger partial charge on any atom is -0.383 e. The summed E-state index contributed by atoms with van der Waals surface area (Å²) in [6.07, 6.45) is 5.35. The summed E-state index contributed by atoms with van der Waals surface area (Å²) in [5.74, 6) is 0.203. The van der Waals surface area contributed by atoms with Crippen LogP contribution in [0.5, 0.6) is 0 Å². The predicted octanol–water partition coefficient (Wildman–Crippen LogP) is 1.87. The van der Waals surface area contributed by atoms with Gasteiger partial charge in [0.15, 0.2) is 0 Å². The van der Waals surface area contributed by atoms with Crippen LogP contribution in [0.15, 0.2) is 0 Å². The van der Waals surface area contributed by atoms with Gasteiger partial charge in [0.05, 0.1) is 13.2 Å². The zero-order valence-electron chi connectivity index (χ0n) is 11.8. The Labute approximate surface area is 111 Å². The fraction of sp³-hybridized carbons (Fsp3) is 0.929. The van der Waals surface area contributed by atoms with Crippen LogP contribution in [-0.2, 0) is 14.3 Å². The maximum absolute atomic E-state index is 10.7. The molecular weight excluding hydrogens is 230 g/mol. The minimum absolute atomic E-state index is 0.203. The SMILES string of the molecule is COC[C@@H]1CCCN1CCCCOCCC(C)=O. The summed E-state index contributed by atoms with van der Waals surface area (Å²) in [6.45, 7) is 6.16. The molecule has 1 saturated heterocycles. The van der Waals surface area contributed by atoms with Crippen LogP contribution >= 0.6 is 0 Å². The van der Waals surface area contributed by atoms with E-state index in [-0.39, 0.29) is 5.78 Å². The molecule has 4 nitrogen and oxygen atoms in total. The predicted molar refractivity (Wildman–Crippen MR) is 71.8 cm³/mol. The van der Waals surface area contributed by atoms with E-state index in [1.54, 1.807) is 14.0 Å². The average Bonchev–Trinajstić information content (AvgIpc) is 2.76. The summed E-state index contributed by atoms with van der Waals surface area (Å²) < 4.78 is 10.7. The topological polar surface area (TPSA) is 38.8 Å². The van der Waals surface area contributed by atoms with Crippen LogP contribution in [0.2, 0.25) is 0 Å². The largest absolute Gasteiger partial charge is 0.383 e. The lowest BCUT2D eigenvalue weighted by molar-refractivity contribution is -0.118. The maximum atomic E-state index is 10.7. The van der Waals surface area contributed by atoms with E-state index in [1.165, 1.54) is 25.8 Å². The molecule has 4 heteroatoms. The first-order valence-electron chi connectivity index (χ1n) is 7.04. The maximum Gasteiger partial charge on any atom is 0.132 e. The summed E-state index contributed by atoms with van der Waals surface area (Å²) in [4.78, 5) is 13.2. The van der Waals surface area contributed by atoms with Gasteiger partial charge in [-0.2, -0.15) is 0 Å². The smallest absolute Gasteiger partial charge is 0.132 e. The zero-order chi connectivity index (χ0) is 13.2. The van der Waals surface area contributed by atoms with Gasteiger partial charge in [-0.05, 0) is 45.7 Å². The first-order valence-corrected chi connectivity index (χ1v) is 7.04. The number of carbonyl (C=O) groups excluding carboxylic acids is 1. The molecule has 106 valence electrons. The number of likely N-dealkylation sites (tertiary alicyclic amines) is 1. The molecule has 0 aromatic carbocycles. The van der Waals surface area contributed by atoms with Crippen molar-refractivity contribution in [1.29, 1.82) is 0 Å². The quantitative estimate of drug-likeness (QED) is 0.560. The fourth-order valence-electron chi connectivity index (χ4n) is 2.41. The molecule has 1 fully saturated rings. The number of unbranched alkanes of at least 4 members (excludes halogenated alkanes) is 1. The lowest BCUT2D eigenvalue weighted by Gasteiger charge is -2.23. The molecule has 0 aromatic heterocycles. The third-order valence-electron chi connectivity index (χ3n) is 3.44. The third-order valence-corrected chi connectivity index (χ3v) is 3.44. The molecule has 0 unspecified atom stereocenters. The average molecular weight is 257 g/mol. The van der Waals surface area contributed by atoms with E-state index in [9.17, 15) is 4.79 Å². The molecule has 1 heterocycles. The van der Waals surface area contributed by atoms with E-state index in [1.807, 2.05) is 0 Å². The molecule has 0 radical (unpaired) electrons. The summed E-state index contributed by atoms with van der Waals surface area (Å²) in [5.41, 5.74) is 0. The third kappa shape index (κ3) is 6.47. The highest BCUT2D eigenvalue weighted by atomic mass is 16.5. The number of Topliss-reactive ketones (excluding diaryl/α,β-unsaturated/α-hetero) is 1. The summed E-state index contributed by atoms with van der Waals surface area (Å²) in [5, 5.41) is 0. The van der Waals surface area contributed by atoms with Gasteiger partial charge in [-0.25, -0.2) is 0 Å². The van der Waals surface area contributed by atoms with Crippen LogP contribution in [0.25, 0.3) is 0 Å². The van der Waals surface area contributed by atoms with Crippen molar-refractivity contribution in [2.75, 3.05) is 40.0 Å². The van der Waals surface area contributed by atoms with Crippen molar-refractivity contribution < 1.29 is 14.3 Å². The normalized spacial score (nSPS) is 20.4. The Morgan fingerprint density at radius 3 is 2.89 bits per heavy atom. The van der Waals surface area contributed by atoms with Gasteiger partial charge in [0, 0.05) is 26.2 Å². The van der Waals surface area contributed by atoms with Crippen molar-refractivity contribution >= 4 is 5.78 Å². The van der Waals surface area contributed by atoms with Crippen molar-refractivity contribution in [3.8, 4) is 0 Å². The molecule has 0 saturated carbocycles. The Kier molecular flexibility index (Phi) is 8.22. The summed E-state index contributed by atoms with van der Waals surface area (Å²) in [6, 6.07) is 0.619. The van der Waals surface area contributed by atoms with Crippen molar-refractivity contribution in [1.82, 2.24) is 4.90 Å². The number of rotatable bonds is 10. The van der Waals surface area contributed by atoms with E-state index in [0.29, 0.717) is 19.1 Å². The van der Waals surface area contributed by atoms with E-state index < -0.39 is 0 Å². The van der Waals surface area contributed by atoms with E-state index in [0.717, 1.165) is 26.2 Å². The number of hydrogen-bond donors (Lipinski definition) is 0. The Morgan fingerprint density at radius 1 is 1.33 bits per heavy atom. The molecule has 1 atom stereocenters. The van der Waals surface area contributed by atoms with Crippen LogP contribution in [0.4, 0.5) is 0 Å². The van der Waals surface area contributed by atoms with Gasteiger partial charge in [-0.3, -0.25) is 9.69 Å².